The molecule has 1 amide bonds. The van der Waals surface area contributed by atoms with Crippen LogP contribution in [-0.4, -0.2) is 62.5 Å². The second kappa shape index (κ2) is 12.2. The number of aryl methyl sites for hydroxylation is 1. The van der Waals surface area contributed by atoms with Gasteiger partial charge in [0.05, 0.1) is 16.8 Å². The van der Waals surface area contributed by atoms with Crippen LogP contribution in [0.15, 0.2) is 66.1 Å². The molecule has 0 radical (unpaired) electrons. The van der Waals surface area contributed by atoms with E-state index in [1.807, 2.05) is 50.1 Å². The van der Waals surface area contributed by atoms with E-state index in [1.54, 1.807) is 11.0 Å². The molecule has 1 N–H and O–H groups in total. The molecule has 0 aliphatic carbocycles. The minimum atomic E-state index is -0.753. The Morgan fingerprint density at radius 3 is 2.69 bits per heavy atom. The number of fused-ring (bicyclic) bond motifs is 7. The Labute approximate surface area is 259 Å². The van der Waals surface area contributed by atoms with E-state index in [2.05, 4.69) is 16.9 Å². The van der Waals surface area contributed by atoms with Gasteiger partial charge in [-0.1, -0.05) is 32.6 Å². The van der Waals surface area contributed by atoms with Crippen LogP contribution in [0, 0.1) is 11.6 Å². The van der Waals surface area contributed by atoms with Gasteiger partial charge in [0.15, 0.2) is 5.65 Å². The van der Waals surface area contributed by atoms with E-state index in [0.717, 1.165) is 12.0 Å². The highest BCUT2D eigenvalue weighted by Gasteiger charge is 2.30. The zero-order valence-electron chi connectivity index (χ0n) is 25.6. The lowest BCUT2D eigenvalue weighted by molar-refractivity contribution is -0.126. The smallest absolute Gasteiger partial charge is 0.355 e. The van der Waals surface area contributed by atoms with E-state index in [0.29, 0.717) is 55.1 Å². The van der Waals surface area contributed by atoms with E-state index in [9.17, 15) is 9.59 Å². The van der Waals surface area contributed by atoms with Gasteiger partial charge in [0.2, 0.25) is 5.91 Å². The molecular weight excluding hydrogens is 576 g/mol. The zero-order valence-corrected chi connectivity index (χ0v) is 25.6. The van der Waals surface area contributed by atoms with Gasteiger partial charge in [-0.2, -0.15) is 4.98 Å². The molecule has 0 saturated carbocycles. The van der Waals surface area contributed by atoms with Crippen LogP contribution in [0.4, 0.5) is 20.3 Å². The number of benzene rings is 1. The third kappa shape index (κ3) is 5.70. The molecule has 9 nitrogen and oxygen atoms in total. The van der Waals surface area contributed by atoms with Crippen LogP contribution in [0.5, 0.6) is 0 Å². The molecule has 2 aliphatic rings. The normalized spacial score (nSPS) is 17.4. The lowest BCUT2D eigenvalue weighted by atomic mass is 10.0. The molecule has 1 aromatic carbocycles. The molecule has 2 aliphatic heterocycles. The molecule has 1 atom stereocenters. The molecule has 6 rings (SSSR count). The maximum atomic E-state index is 16.1. The number of rotatable bonds is 3. The number of nitrogens with zero attached hydrogens (tertiary/aromatic N) is 6. The van der Waals surface area contributed by atoms with Crippen molar-refractivity contribution in [2.24, 2.45) is 0 Å². The Morgan fingerprint density at radius 2 is 1.93 bits per heavy atom. The van der Waals surface area contributed by atoms with Crippen LogP contribution in [0.3, 0.4) is 0 Å². The maximum Gasteiger partial charge on any atom is 0.355 e. The SMILES string of the molecule is C=CC(=O)N1CCN(c2nc(=O)n3c4nc(c(F)cc24)-c2cc(ccc2F)NC/C=C\CCc2cnc(C(C)C)c-3c2)[C@@H](C)C1. The fraction of sp³-hybridized carbons (Fsp3) is 0.324. The number of aromatic nitrogens is 4. The van der Waals surface area contributed by atoms with Crippen LogP contribution in [0.25, 0.3) is 28.0 Å². The molecule has 3 aromatic heterocycles. The summed E-state index contributed by atoms with van der Waals surface area (Å²) in [5.41, 5.74) is 1.95. The first-order valence-corrected chi connectivity index (χ1v) is 15.2. The Hall–Kier alpha value is -4.93. The summed E-state index contributed by atoms with van der Waals surface area (Å²) in [7, 11) is 0. The number of nitrogens with one attached hydrogen (secondary N) is 1. The molecule has 6 bridgehead atoms. The first-order valence-electron chi connectivity index (χ1n) is 15.2. The van der Waals surface area contributed by atoms with Crippen LogP contribution in [0.2, 0.25) is 0 Å². The largest absolute Gasteiger partial charge is 0.382 e. The lowest BCUT2D eigenvalue weighted by Crippen LogP contribution is -2.54. The Kier molecular flexibility index (Phi) is 8.18. The predicted molar refractivity (Wildman–Crippen MR) is 172 cm³/mol. The number of halogens is 2. The average molecular weight is 612 g/mol. The van der Waals surface area contributed by atoms with Crippen molar-refractivity contribution in [3.63, 3.8) is 0 Å². The number of hydrogen-bond donors (Lipinski definition) is 1. The number of amides is 1. The van der Waals surface area contributed by atoms with Gasteiger partial charge >= 0.3 is 5.69 Å². The summed E-state index contributed by atoms with van der Waals surface area (Å²) < 4.78 is 32.8. The molecule has 45 heavy (non-hydrogen) atoms. The van der Waals surface area contributed by atoms with Crippen LogP contribution >= 0.6 is 0 Å². The second-order valence-corrected chi connectivity index (χ2v) is 11.8. The molecular formula is C34H35F2N7O2. The first-order chi connectivity index (χ1) is 21.7. The van der Waals surface area contributed by atoms with Gasteiger partial charge in [-0.15, -0.1) is 0 Å². The van der Waals surface area contributed by atoms with Crippen molar-refractivity contribution in [3.8, 4) is 16.9 Å². The second-order valence-electron chi connectivity index (χ2n) is 11.8. The van der Waals surface area contributed by atoms with Gasteiger partial charge in [-0.3, -0.25) is 9.78 Å². The summed E-state index contributed by atoms with van der Waals surface area (Å²) in [6.07, 6.45) is 8.55. The third-order valence-electron chi connectivity index (χ3n) is 8.34. The Bertz CT molecular complexity index is 1900. The van der Waals surface area contributed by atoms with Crippen molar-refractivity contribution in [3.05, 3.63) is 94.7 Å². The lowest BCUT2D eigenvalue weighted by Gasteiger charge is -2.40. The first kappa shape index (κ1) is 30.1. The molecule has 4 aromatic rings. The quantitative estimate of drug-likeness (QED) is 0.246. The molecule has 0 spiro atoms. The molecule has 232 valence electrons. The molecule has 0 unspecified atom stereocenters. The minimum Gasteiger partial charge on any atom is -0.382 e. The number of carbonyl (C=O) groups excluding carboxylic acids is 1. The number of hydrogen-bond acceptors (Lipinski definition) is 7. The van der Waals surface area contributed by atoms with Crippen molar-refractivity contribution in [2.45, 2.75) is 45.6 Å². The summed E-state index contributed by atoms with van der Waals surface area (Å²) in [6, 6.07) is 7.34. The fourth-order valence-electron chi connectivity index (χ4n) is 6.04. The monoisotopic (exact) mass is 611 g/mol. The minimum absolute atomic E-state index is 0.0336. The van der Waals surface area contributed by atoms with Crippen LogP contribution < -0.4 is 15.9 Å². The van der Waals surface area contributed by atoms with Gasteiger partial charge in [-0.05, 0) is 67.7 Å². The highest BCUT2D eigenvalue weighted by atomic mass is 19.1. The summed E-state index contributed by atoms with van der Waals surface area (Å²) in [4.78, 5) is 44.0. The number of carbonyl (C=O) groups is 1. The molecule has 11 heteroatoms. The van der Waals surface area contributed by atoms with Gasteiger partial charge in [0.25, 0.3) is 0 Å². The van der Waals surface area contributed by atoms with Crippen LogP contribution in [-0.2, 0) is 11.2 Å². The number of pyridine rings is 2. The van der Waals surface area contributed by atoms with Crippen molar-refractivity contribution >= 4 is 28.4 Å². The number of piperazine rings is 1. The zero-order chi connectivity index (χ0) is 31.8. The maximum absolute atomic E-state index is 16.1. The standard InChI is InChI=1S/C34H35F2N7O2/c1-5-29(44)41-13-14-42(21(4)19-41)32-25-17-27(36)31-24-16-23(10-11-26(24)35)37-12-8-6-7-9-22-15-28(30(20(2)3)38-18-22)43(33(25)39-31)34(45)40-32/h5-6,8,10-11,15-18,20-21,37H,1,7,9,12-14,19H2,2-4H3/b8-6-/t21-/m0/s1. The average Bonchev–Trinajstić information content (AvgIpc) is 3.02. The predicted octanol–water partition coefficient (Wildman–Crippen LogP) is 5.38. The molecule has 1 saturated heterocycles. The summed E-state index contributed by atoms with van der Waals surface area (Å²) >= 11 is 0. The highest BCUT2D eigenvalue weighted by molar-refractivity contribution is 5.91. The van der Waals surface area contributed by atoms with E-state index in [-0.39, 0.29) is 40.6 Å². The number of anilines is 2. The number of allylic oxidation sites excluding steroid dienone is 1. The third-order valence-corrected chi connectivity index (χ3v) is 8.34. The van der Waals surface area contributed by atoms with E-state index >= 15 is 8.78 Å². The van der Waals surface area contributed by atoms with Crippen LogP contribution in [0.1, 0.15) is 44.4 Å². The van der Waals surface area contributed by atoms with Crippen molar-refractivity contribution in [1.29, 1.82) is 0 Å². The van der Waals surface area contributed by atoms with Gasteiger partial charge in [0, 0.05) is 49.7 Å². The summed E-state index contributed by atoms with van der Waals surface area (Å²) in [5.74, 6) is -1.38. The molecule has 5 heterocycles. The van der Waals surface area contributed by atoms with Gasteiger partial charge < -0.3 is 15.1 Å². The van der Waals surface area contributed by atoms with E-state index in [1.165, 1.54) is 28.8 Å². The van der Waals surface area contributed by atoms with Crippen molar-refractivity contribution in [2.75, 3.05) is 36.4 Å². The fourth-order valence-corrected chi connectivity index (χ4v) is 6.04. The topological polar surface area (TPSA) is 96.3 Å². The molecule has 1 fully saturated rings. The summed E-state index contributed by atoms with van der Waals surface area (Å²) in [5, 5.41) is 3.52. The van der Waals surface area contributed by atoms with E-state index < -0.39 is 17.3 Å². The highest BCUT2D eigenvalue weighted by Crippen LogP contribution is 2.34. The Morgan fingerprint density at radius 1 is 1.11 bits per heavy atom. The van der Waals surface area contributed by atoms with Crippen molar-refractivity contribution < 1.29 is 13.6 Å². The van der Waals surface area contributed by atoms with E-state index in [4.69, 9.17) is 9.97 Å². The van der Waals surface area contributed by atoms with Crippen molar-refractivity contribution in [1.82, 2.24) is 24.4 Å². The summed E-state index contributed by atoms with van der Waals surface area (Å²) in [6.45, 7) is 11.1. The van der Waals surface area contributed by atoms with Gasteiger partial charge in [-0.25, -0.2) is 23.1 Å². The van der Waals surface area contributed by atoms with Gasteiger partial charge in [0.1, 0.15) is 23.1 Å². The Balaban J connectivity index is 1.65.